The van der Waals surface area contributed by atoms with Gasteiger partial charge in [-0.15, -0.1) is 0 Å². The van der Waals surface area contributed by atoms with Crippen molar-refractivity contribution < 1.29 is 4.39 Å². The van der Waals surface area contributed by atoms with Crippen molar-refractivity contribution >= 4 is 11.6 Å². The van der Waals surface area contributed by atoms with E-state index >= 15 is 0 Å². The lowest BCUT2D eigenvalue weighted by Crippen LogP contribution is -2.62. The van der Waals surface area contributed by atoms with Gasteiger partial charge in [0, 0.05) is 56.4 Å². The number of piperazine rings is 1. The van der Waals surface area contributed by atoms with Crippen molar-refractivity contribution in [2.24, 2.45) is 0 Å². The number of likely N-dealkylation sites (tertiary alicyclic amines) is 1. The van der Waals surface area contributed by atoms with E-state index in [9.17, 15) is 4.39 Å². The molecule has 3 nitrogen and oxygen atoms in total. The monoisotopic (exact) mass is 297 g/mol. The molecule has 5 heteroatoms. The van der Waals surface area contributed by atoms with Crippen LogP contribution in [0.25, 0.3) is 0 Å². The van der Waals surface area contributed by atoms with Crippen LogP contribution in [0, 0.1) is 5.82 Å². The molecule has 3 rings (SSSR count). The molecule has 0 aromatic heterocycles. The molecule has 2 aliphatic heterocycles. The largest absolute Gasteiger partial charge is 0.314 e. The Labute approximate surface area is 124 Å². The molecule has 1 N–H and O–H groups in total. The fraction of sp³-hybridized carbons (Fsp3) is 0.600. The van der Waals surface area contributed by atoms with E-state index in [4.69, 9.17) is 11.6 Å². The molecule has 2 aliphatic rings. The highest BCUT2D eigenvalue weighted by Gasteiger charge is 2.35. The summed E-state index contributed by atoms with van der Waals surface area (Å²) in [7, 11) is 0. The Hall–Kier alpha value is -0.680. The van der Waals surface area contributed by atoms with Crippen LogP contribution in [0.1, 0.15) is 18.5 Å². The minimum atomic E-state index is -0.270. The molecule has 1 atom stereocenters. The van der Waals surface area contributed by atoms with Crippen molar-refractivity contribution in [1.82, 2.24) is 15.1 Å². The standard InChI is InChI=1S/C15H21ClFN3/c1-11(14-3-2-12(17)8-15(14)16)20-9-13(10-20)19-6-4-18-5-7-19/h2-3,8,11,13,18H,4-7,9-10H2,1H3. The van der Waals surface area contributed by atoms with Crippen LogP contribution in [0.4, 0.5) is 4.39 Å². The van der Waals surface area contributed by atoms with Gasteiger partial charge < -0.3 is 5.32 Å². The minimum absolute atomic E-state index is 0.252. The quantitative estimate of drug-likeness (QED) is 0.922. The van der Waals surface area contributed by atoms with Gasteiger partial charge in [-0.05, 0) is 24.6 Å². The summed E-state index contributed by atoms with van der Waals surface area (Å²) >= 11 is 6.15. The fourth-order valence-electron chi connectivity index (χ4n) is 3.12. The van der Waals surface area contributed by atoms with E-state index < -0.39 is 0 Å². The Morgan fingerprint density at radius 1 is 1.30 bits per heavy atom. The Bertz CT molecular complexity index is 470. The van der Waals surface area contributed by atoms with Crippen molar-refractivity contribution in [1.29, 1.82) is 0 Å². The second-order valence-electron chi connectivity index (χ2n) is 5.74. The molecular formula is C15H21ClFN3. The Kier molecular flexibility index (Phi) is 4.26. The zero-order valence-electron chi connectivity index (χ0n) is 11.8. The predicted molar refractivity (Wildman–Crippen MR) is 79.6 cm³/mol. The summed E-state index contributed by atoms with van der Waals surface area (Å²) in [5, 5.41) is 3.91. The van der Waals surface area contributed by atoms with Crippen LogP contribution >= 0.6 is 11.6 Å². The van der Waals surface area contributed by atoms with Crippen LogP contribution in [0.3, 0.4) is 0 Å². The molecule has 0 saturated carbocycles. The maximum Gasteiger partial charge on any atom is 0.124 e. The van der Waals surface area contributed by atoms with Gasteiger partial charge >= 0.3 is 0 Å². The number of nitrogens with zero attached hydrogens (tertiary/aromatic N) is 2. The predicted octanol–water partition coefficient (Wildman–Crippen LogP) is 2.13. The van der Waals surface area contributed by atoms with E-state index in [1.165, 1.54) is 12.1 Å². The highest BCUT2D eigenvalue weighted by molar-refractivity contribution is 6.31. The van der Waals surface area contributed by atoms with Crippen LogP contribution in [-0.4, -0.2) is 55.1 Å². The van der Waals surface area contributed by atoms with Crippen molar-refractivity contribution in [3.05, 3.63) is 34.6 Å². The van der Waals surface area contributed by atoms with Crippen molar-refractivity contribution in [3.8, 4) is 0 Å². The third-order valence-electron chi connectivity index (χ3n) is 4.52. The normalized spacial score (nSPS) is 23.6. The molecule has 0 bridgehead atoms. The first-order valence-corrected chi connectivity index (χ1v) is 7.66. The zero-order chi connectivity index (χ0) is 14.1. The van der Waals surface area contributed by atoms with Gasteiger partial charge in [0.25, 0.3) is 0 Å². The van der Waals surface area contributed by atoms with E-state index in [1.54, 1.807) is 6.07 Å². The summed E-state index contributed by atoms with van der Waals surface area (Å²) < 4.78 is 13.1. The maximum absolute atomic E-state index is 13.1. The van der Waals surface area contributed by atoms with Gasteiger partial charge in [-0.25, -0.2) is 4.39 Å². The van der Waals surface area contributed by atoms with Gasteiger partial charge in [0.15, 0.2) is 0 Å². The summed E-state index contributed by atoms with van der Waals surface area (Å²) in [4.78, 5) is 4.97. The third-order valence-corrected chi connectivity index (χ3v) is 4.85. The molecule has 110 valence electrons. The number of halogens is 2. The second kappa shape index (κ2) is 5.98. The first kappa shape index (κ1) is 14.3. The smallest absolute Gasteiger partial charge is 0.124 e. The lowest BCUT2D eigenvalue weighted by atomic mass is 9.99. The highest BCUT2D eigenvalue weighted by Crippen LogP contribution is 2.32. The van der Waals surface area contributed by atoms with Crippen LogP contribution < -0.4 is 5.32 Å². The number of benzene rings is 1. The molecule has 1 aromatic carbocycles. The van der Waals surface area contributed by atoms with Gasteiger partial charge in [-0.3, -0.25) is 9.80 Å². The van der Waals surface area contributed by atoms with E-state index in [0.717, 1.165) is 44.8 Å². The second-order valence-corrected chi connectivity index (χ2v) is 6.14. The molecule has 2 heterocycles. The van der Waals surface area contributed by atoms with Crippen LogP contribution in [0.5, 0.6) is 0 Å². The number of nitrogens with one attached hydrogen (secondary N) is 1. The lowest BCUT2D eigenvalue weighted by molar-refractivity contribution is 0.00348. The van der Waals surface area contributed by atoms with E-state index in [-0.39, 0.29) is 11.9 Å². The number of rotatable bonds is 3. The van der Waals surface area contributed by atoms with Gasteiger partial charge in [-0.1, -0.05) is 17.7 Å². The molecular weight excluding hydrogens is 277 g/mol. The first-order valence-electron chi connectivity index (χ1n) is 7.29. The Morgan fingerprint density at radius 3 is 2.65 bits per heavy atom. The highest BCUT2D eigenvalue weighted by atomic mass is 35.5. The molecule has 20 heavy (non-hydrogen) atoms. The fourth-order valence-corrected chi connectivity index (χ4v) is 3.44. The summed E-state index contributed by atoms with van der Waals surface area (Å²) in [5.41, 5.74) is 1.02. The molecule has 2 saturated heterocycles. The molecule has 0 amide bonds. The minimum Gasteiger partial charge on any atom is -0.314 e. The molecule has 0 aliphatic carbocycles. The van der Waals surface area contributed by atoms with Gasteiger partial charge in [-0.2, -0.15) is 0 Å². The van der Waals surface area contributed by atoms with E-state index in [1.807, 2.05) is 0 Å². The van der Waals surface area contributed by atoms with Crippen LogP contribution in [0.2, 0.25) is 5.02 Å². The lowest BCUT2D eigenvalue weighted by Gasteiger charge is -2.49. The summed E-state index contributed by atoms with van der Waals surface area (Å²) in [5.74, 6) is -0.270. The molecule has 0 radical (unpaired) electrons. The topological polar surface area (TPSA) is 18.5 Å². The molecule has 1 unspecified atom stereocenters. The third kappa shape index (κ3) is 2.84. The average Bonchev–Trinajstić information content (AvgIpc) is 2.38. The molecule has 2 fully saturated rings. The maximum atomic E-state index is 13.1. The van der Waals surface area contributed by atoms with Crippen molar-refractivity contribution in [3.63, 3.8) is 0 Å². The summed E-state index contributed by atoms with van der Waals surface area (Å²) in [6.07, 6.45) is 0. The van der Waals surface area contributed by atoms with Gasteiger partial charge in [0.05, 0.1) is 0 Å². The Balaban J connectivity index is 1.58. The SMILES string of the molecule is CC(c1ccc(F)cc1Cl)N1CC(N2CCNCC2)C1. The average molecular weight is 298 g/mol. The molecule has 0 spiro atoms. The summed E-state index contributed by atoms with van der Waals surface area (Å²) in [6.45, 7) is 8.77. The summed E-state index contributed by atoms with van der Waals surface area (Å²) in [6, 6.07) is 5.62. The van der Waals surface area contributed by atoms with E-state index in [0.29, 0.717) is 11.1 Å². The van der Waals surface area contributed by atoms with Crippen LogP contribution in [-0.2, 0) is 0 Å². The van der Waals surface area contributed by atoms with Crippen molar-refractivity contribution in [2.45, 2.75) is 19.0 Å². The van der Waals surface area contributed by atoms with Gasteiger partial charge in [0.2, 0.25) is 0 Å². The number of hydrogen-bond donors (Lipinski definition) is 1. The van der Waals surface area contributed by atoms with Crippen molar-refractivity contribution in [2.75, 3.05) is 39.3 Å². The van der Waals surface area contributed by atoms with Gasteiger partial charge in [0.1, 0.15) is 5.82 Å². The van der Waals surface area contributed by atoms with Crippen LogP contribution in [0.15, 0.2) is 18.2 Å². The number of hydrogen-bond acceptors (Lipinski definition) is 3. The zero-order valence-corrected chi connectivity index (χ0v) is 12.5. The first-order chi connectivity index (χ1) is 9.65. The molecule has 1 aromatic rings. The van der Waals surface area contributed by atoms with E-state index in [2.05, 4.69) is 22.0 Å². The Morgan fingerprint density at radius 2 is 2.00 bits per heavy atom.